The molecule has 0 amide bonds. The van der Waals surface area contributed by atoms with Gasteiger partial charge in [0, 0.05) is 17.4 Å². The predicted octanol–water partition coefficient (Wildman–Crippen LogP) is 3.89. The molecule has 1 heterocycles. The minimum Gasteiger partial charge on any atom is -0.324 e. The normalized spacial score (nSPS) is 10.1. The minimum atomic E-state index is 0.604. The van der Waals surface area contributed by atoms with E-state index in [1.807, 2.05) is 66.7 Å². The van der Waals surface area contributed by atoms with Crippen LogP contribution in [0.4, 0.5) is 11.6 Å². The summed E-state index contributed by atoms with van der Waals surface area (Å²) in [6.07, 6.45) is 1.76. The number of para-hydroxylation sites is 1. The van der Waals surface area contributed by atoms with E-state index in [9.17, 15) is 0 Å². The fourth-order valence-electron chi connectivity index (χ4n) is 1.84. The number of nitrogens with zero attached hydrogens (tertiary/aromatic N) is 2. The molecule has 0 bridgehead atoms. The first kappa shape index (κ1) is 11.4. The van der Waals surface area contributed by atoms with Gasteiger partial charge in [-0.2, -0.15) is 0 Å². The predicted molar refractivity (Wildman–Crippen MR) is 77.2 cm³/mol. The van der Waals surface area contributed by atoms with E-state index in [1.165, 1.54) is 0 Å². The Labute approximate surface area is 112 Å². The lowest BCUT2D eigenvalue weighted by Crippen LogP contribution is -1.97. The molecule has 1 N–H and O–H groups in total. The number of hydrogen-bond acceptors (Lipinski definition) is 3. The lowest BCUT2D eigenvalue weighted by Gasteiger charge is -2.06. The molecule has 0 radical (unpaired) electrons. The number of nitrogens with one attached hydrogen (secondary N) is 1. The van der Waals surface area contributed by atoms with Crippen LogP contribution in [0.3, 0.4) is 0 Å². The molecule has 0 fully saturated rings. The van der Waals surface area contributed by atoms with Crippen molar-refractivity contribution >= 4 is 11.6 Å². The first-order valence-corrected chi connectivity index (χ1v) is 6.12. The zero-order valence-electron chi connectivity index (χ0n) is 10.3. The molecule has 0 aliphatic heterocycles. The molecule has 3 aromatic rings. The summed E-state index contributed by atoms with van der Waals surface area (Å²) in [5.41, 5.74) is 2.97. The van der Waals surface area contributed by atoms with Gasteiger partial charge in [-0.15, -0.1) is 0 Å². The second kappa shape index (κ2) is 5.31. The Morgan fingerprint density at radius 3 is 2.16 bits per heavy atom. The Morgan fingerprint density at radius 1 is 0.737 bits per heavy atom. The van der Waals surface area contributed by atoms with E-state index in [2.05, 4.69) is 15.3 Å². The molecule has 0 spiro atoms. The summed E-state index contributed by atoms with van der Waals surface area (Å²) < 4.78 is 0. The van der Waals surface area contributed by atoms with E-state index < -0.39 is 0 Å². The third kappa shape index (κ3) is 2.77. The Balaban J connectivity index is 1.89. The highest BCUT2D eigenvalue weighted by atomic mass is 15.1. The Hall–Kier alpha value is -2.68. The zero-order chi connectivity index (χ0) is 12.9. The van der Waals surface area contributed by atoms with E-state index in [0.717, 1.165) is 16.9 Å². The molecule has 0 aliphatic carbocycles. The fourth-order valence-corrected chi connectivity index (χ4v) is 1.84. The molecule has 92 valence electrons. The standard InChI is InChI=1S/C16H13N3/c1-3-7-13(8-4-1)15-11-12-17-16(19-15)18-14-9-5-2-6-10-14/h1-12H,(H,17,18,19). The van der Waals surface area contributed by atoms with Crippen molar-refractivity contribution in [2.75, 3.05) is 5.32 Å². The van der Waals surface area contributed by atoms with Gasteiger partial charge in [-0.1, -0.05) is 48.5 Å². The maximum atomic E-state index is 4.52. The average Bonchev–Trinajstić information content (AvgIpc) is 2.49. The van der Waals surface area contributed by atoms with Crippen LogP contribution in [0.5, 0.6) is 0 Å². The van der Waals surface area contributed by atoms with Crippen molar-refractivity contribution in [1.29, 1.82) is 0 Å². The van der Waals surface area contributed by atoms with Gasteiger partial charge < -0.3 is 5.32 Å². The molecular formula is C16H13N3. The van der Waals surface area contributed by atoms with Crippen LogP contribution < -0.4 is 5.32 Å². The van der Waals surface area contributed by atoms with Crippen LogP contribution in [0, 0.1) is 0 Å². The summed E-state index contributed by atoms with van der Waals surface area (Å²) in [5.74, 6) is 0.604. The number of anilines is 2. The number of benzene rings is 2. The first-order valence-electron chi connectivity index (χ1n) is 6.12. The molecular weight excluding hydrogens is 234 g/mol. The molecule has 19 heavy (non-hydrogen) atoms. The van der Waals surface area contributed by atoms with Crippen LogP contribution in [-0.2, 0) is 0 Å². The molecule has 3 nitrogen and oxygen atoms in total. The molecule has 2 aromatic carbocycles. The molecule has 0 saturated heterocycles. The SMILES string of the molecule is c1ccc(Nc2nccc(-c3ccccc3)n2)cc1. The summed E-state index contributed by atoms with van der Waals surface area (Å²) in [6, 6.07) is 21.9. The summed E-state index contributed by atoms with van der Waals surface area (Å²) in [5, 5.41) is 3.19. The van der Waals surface area contributed by atoms with Gasteiger partial charge in [0.2, 0.25) is 5.95 Å². The van der Waals surface area contributed by atoms with Gasteiger partial charge in [-0.25, -0.2) is 9.97 Å². The summed E-state index contributed by atoms with van der Waals surface area (Å²) in [6.45, 7) is 0. The minimum absolute atomic E-state index is 0.604. The van der Waals surface area contributed by atoms with E-state index in [4.69, 9.17) is 0 Å². The van der Waals surface area contributed by atoms with Crippen LogP contribution in [0.15, 0.2) is 72.9 Å². The second-order valence-corrected chi connectivity index (χ2v) is 4.12. The second-order valence-electron chi connectivity index (χ2n) is 4.12. The van der Waals surface area contributed by atoms with Crippen molar-refractivity contribution in [1.82, 2.24) is 9.97 Å². The lowest BCUT2D eigenvalue weighted by atomic mass is 10.1. The van der Waals surface area contributed by atoms with Gasteiger partial charge in [-0.3, -0.25) is 0 Å². The highest BCUT2D eigenvalue weighted by molar-refractivity contribution is 5.61. The van der Waals surface area contributed by atoms with Crippen molar-refractivity contribution in [2.45, 2.75) is 0 Å². The van der Waals surface area contributed by atoms with Crippen LogP contribution in [-0.4, -0.2) is 9.97 Å². The maximum absolute atomic E-state index is 4.52. The van der Waals surface area contributed by atoms with Gasteiger partial charge in [0.25, 0.3) is 0 Å². The summed E-state index contributed by atoms with van der Waals surface area (Å²) >= 11 is 0. The van der Waals surface area contributed by atoms with Crippen molar-refractivity contribution in [3.8, 4) is 11.3 Å². The smallest absolute Gasteiger partial charge is 0.227 e. The largest absolute Gasteiger partial charge is 0.324 e. The van der Waals surface area contributed by atoms with Crippen molar-refractivity contribution in [2.24, 2.45) is 0 Å². The van der Waals surface area contributed by atoms with Crippen LogP contribution in [0.25, 0.3) is 11.3 Å². The maximum Gasteiger partial charge on any atom is 0.227 e. The van der Waals surface area contributed by atoms with E-state index in [1.54, 1.807) is 6.20 Å². The molecule has 0 aliphatic rings. The van der Waals surface area contributed by atoms with Crippen molar-refractivity contribution in [3.63, 3.8) is 0 Å². The molecule has 3 rings (SSSR count). The van der Waals surface area contributed by atoms with E-state index in [0.29, 0.717) is 5.95 Å². The topological polar surface area (TPSA) is 37.8 Å². The summed E-state index contributed by atoms with van der Waals surface area (Å²) in [7, 11) is 0. The van der Waals surface area contributed by atoms with Gasteiger partial charge >= 0.3 is 0 Å². The van der Waals surface area contributed by atoms with Crippen LogP contribution in [0.1, 0.15) is 0 Å². The highest BCUT2D eigenvalue weighted by Gasteiger charge is 2.01. The number of hydrogen-bond donors (Lipinski definition) is 1. The average molecular weight is 247 g/mol. The Kier molecular flexibility index (Phi) is 3.19. The van der Waals surface area contributed by atoms with E-state index >= 15 is 0 Å². The first-order chi connectivity index (χ1) is 9.42. The van der Waals surface area contributed by atoms with Crippen LogP contribution in [0.2, 0.25) is 0 Å². The molecule has 0 saturated carbocycles. The molecule has 0 atom stereocenters. The van der Waals surface area contributed by atoms with Gasteiger partial charge in [0.15, 0.2) is 0 Å². The molecule has 3 heteroatoms. The van der Waals surface area contributed by atoms with Gasteiger partial charge in [-0.05, 0) is 18.2 Å². The summed E-state index contributed by atoms with van der Waals surface area (Å²) in [4.78, 5) is 8.75. The number of aromatic nitrogens is 2. The zero-order valence-corrected chi connectivity index (χ0v) is 10.3. The molecule has 1 aromatic heterocycles. The Morgan fingerprint density at radius 2 is 1.42 bits per heavy atom. The fraction of sp³-hybridized carbons (Fsp3) is 0. The molecule has 0 unspecified atom stereocenters. The van der Waals surface area contributed by atoms with Gasteiger partial charge in [0.05, 0.1) is 5.69 Å². The van der Waals surface area contributed by atoms with Gasteiger partial charge in [0.1, 0.15) is 0 Å². The number of rotatable bonds is 3. The van der Waals surface area contributed by atoms with Crippen molar-refractivity contribution in [3.05, 3.63) is 72.9 Å². The lowest BCUT2D eigenvalue weighted by molar-refractivity contribution is 1.17. The third-order valence-corrected chi connectivity index (χ3v) is 2.76. The third-order valence-electron chi connectivity index (χ3n) is 2.76. The van der Waals surface area contributed by atoms with E-state index in [-0.39, 0.29) is 0 Å². The monoisotopic (exact) mass is 247 g/mol. The Bertz CT molecular complexity index is 651. The highest BCUT2D eigenvalue weighted by Crippen LogP contribution is 2.18. The van der Waals surface area contributed by atoms with Crippen LogP contribution >= 0.6 is 0 Å². The quantitative estimate of drug-likeness (QED) is 0.763. The van der Waals surface area contributed by atoms with Crippen molar-refractivity contribution < 1.29 is 0 Å².